The predicted octanol–water partition coefficient (Wildman–Crippen LogP) is 24.6. The van der Waals surface area contributed by atoms with Gasteiger partial charge in [0.2, 0.25) is 5.91 Å². The van der Waals surface area contributed by atoms with Gasteiger partial charge in [-0.2, -0.15) is 0 Å². The number of esters is 1. The van der Waals surface area contributed by atoms with E-state index in [1.165, 1.54) is 315 Å². The van der Waals surface area contributed by atoms with Gasteiger partial charge in [-0.1, -0.05) is 351 Å². The monoisotopic (exact) mass is 1180 g/mol. The molecule has 0 heterocycles. The van der Waals surface area contributed by atoms with Crippen molar-refractivity contribution in [1.29, 1.82) is 0 Å². The van der Waals surface area contributed by atoms with E-state index < -0.39 is 12.1 Å². The van der Waals surface area contributed by atoms with Crippen molar-refractivity contribution >= 4 is 11.9 Å². The normalized spacial score (nSPS) is 12.9. The van der Waals surface area contributed by atoms with E-state index in [9.17, 15) is 19.8 Å². The Balaban J connectivity index is 3.45. The zero-order valence-corrected chi connectivity index (χ0v) is 56.4. The molecule has 0 aliphatic carbocycles. The lowest BCUT2D eigenvalue weighted by Crippen LogP contribution is -2.45. The van der Waals surface area contributed by atoms with E-state index in [0.717, 1.165) is 57.8 Å². The molecule has 0 rings (SSSR count). The third-order valence-corrected chi connectivity index (χ3v) is 17.3. The fraction of sp³-hybridized carbons (Fsp3) is 0.846. The molecule has 2 unspecified atom stereocenters. The summed E-state index contributed by atoms with van der Waals surface area (Å²) in [6, 6.07) is -0.633. The molecule has 0 aliphatic rings. The summed E-state index contributed by atoms with van der Waals surface area (Å²) in [4.78, 5) is 24.6. The third-order valence-electron chi connectivity index (χ3n) is 17.3. The summed E-state index contributed by atoms with van der Waals surface area (Å²) >= 11 is 0. The van der Waals surface area contributed by atoms with Crippen LogP contribution in [0, 0.1) is 0 Å². The van der Waals surface area contributed by atoms with Crippen LogP contribution in [0.5, 0.6) is 0 Å². The van der Waals surface area contributed by atoms with Gasteiger partial charge in [0, 0.05) is 12.8 Å². The van der Waals surface area contributed by atoms with Crippen molar-refractivity contribution in [3.8, 4) is 0 Å². The van der Waals surface area contributed by atoms with Crippen molar-refractivity contribution in [3.63, 3.8) is 0 Å². The van der Waals surface area contributed by atoms with Crippen LogP contribution in [0.15, 0.2) is 60.8 Å². The van der Waals surface area contributed by atoms with Crippen LogP contribution in [-0.2, 0) is 14.3 Å². The number of hydrogen-bond donors (Lipinski definition) is 3. The maximum Gasteiger partial charge on any atom is 0.305 e. The molecule has 6 nitrogen and oxygen atoms in total. The van der Waals surface area contributed by atoms with Crippen LogP contribution in [0.3, 0.4) is 0 Å². The minimum Gasteiger partial charge on any atom is -0.466 e. The number of rotatable bonds is 70. The smallest absolute Gasteiger partial charge is 0.305 e. The lowest BCUT2D eigenvalue weighted by atomic mass is 10.0. The fourth-order valence-corrected chi connectivity index (χ4v) is 11.5. The largest absolute Gasteiger partial charge is 0.466 e. The molecule has 0 saturated heterocycles. The van der Waals surface area contributed by atoms with E-state index in [0.29, 0.717) is 19.4 Å². The van der Waals surface area contributed by atoms with Crippen molar-refractivity contribution in [2.24, 2.45) is 0 Å². The molecule has 0 aliphatic heterocycles. The molecule has 0 spiro atoms. The standard InChI is InChI=1S/C78H145NO5/c1-3-5-7-9-11-13-15-17-19-21-22-23-29-32-35-39-42-46-50-54-58-62-66-70-76(81)75(74-80)79-77(82)71-67-63-59-55-51-47-43-40-36-33-30-27-25-24-26-28-31-34-37-41-45-49-53-57-61-65-69-73-84-78(83)72-68-64-60-56-52-48-44-38-20-18-16-14-12-10-8-6-4-2/h12,14,18,20,24-25,28,31,66,70,75-76,80-81H,3-11,13,15-17,19,21-23,26-27,29-30,32-65,67-69,71-74H2,1-2H3,(H,79,82)/b14-12-,20-18-,25-24-,31-28-,70-66+. The van der Waals surface area contributed by atoms with Gasteiger partial charge in [-0.25, -0.2) is 0 Å². The number of unbranched alkanes of at least 4 members (excludes halogenated alkanes) is 51. The Labute approximate surface area is 524 Å². The first-order valence-corrected chi connectivity index (χ1v) is 37.6. The van der Waals surface area contributed by atoms with Crippen molar-refractivity contribution in [2.75, 3.05) is 13.2 Å². The number of aliphatic hydroxyl groups excluding tert-OH is 2. The van der Waals surface area contributed by atoms with E-state index in [-0.39, 0.29) is 18.5 Å². The molecule has 492 valence electrons. The number of aliphatic hydroxyl groups is 2. The summed E-state index contributed by atoms with van der Waals surface area (Å²) < 4.78 is 5.49. The maximum absolute atomic E-state index is 12.5. The van der Waals surface area contributed by atoms with Gasteiger partial charge in [0.15, 0.2) is 0 Å². The van der Waals surface area contributed by atoms with Gasteiger partial charge in [0.05, 0.1) is 25.4 Å². The zero-order valence-electron chi connectivity index (χ0n) is 56.4. The first-order chi connectivity index (χ1) is 41.5. The van der Waals surface area contributed by atoms with E-state index in [4.69, 9.17) is 4.74 Å². The number of carbonyl (C=O) groups excluding carboxylic acids is 2. The summed E-state index contributed by atoms with van der Waals surface area (Å²) in [5.41, 5.74) is 0. The fourth-order valence-electron chi connectivity index (χ4n) is 11.5. The molecule has 0 radical (unpaired) electrons. The van der Waals surface area contributed by atoms with E-state index in [1.807, 2.05) is 6.08 Å². The van der Waals surface area contributed by atoms with Gasteiger partial charge in [0.1, 0.15) is 0 Å². The van der Waals surface area contributed by atoms with Gasteiger partial charge in [-0.15, -0.1) is 0 Å². The summed E-state index contributed by atoms with van der Waals surface area (Å²) in [5.74, 6) is -0.0652. The van der Waals surface area contributed by atoms with Crippen molar-refractivity contribution in [2.45, 2.75) is 411 Å². The van der Waals surface area contributed by atoms with Gasteiger partial charge < -0.3 is 20.3 Å². The average Bonchev–Trinajstić information content (AvgIpc) is 3.52. The molecule has 0 bridgehead atoms. The minimum atomic E-state index is -0.849. The molecule has 0 fully saturated rings. The van der Waals surface area contributed by atoms with Crippen LogP contribution in [0.2, 0.25) is 0 Å². The van der Waals surface area contributed by atoms with E-state index in [2.05, 4.69) is 67.8 Å². The summed E-state index contributed by atoms with van der Waals surface area (Å²) in [6.45, 7) is 4.90. The van der Waals surface area contributed by atoms with Crippen LogP contribution in [-0.4, -0.2) is 47.4 Å². The highest BCUT2D eigenvalue weighted by Crippen LogP contribution is 2.18. The van der Waals surface area contributed by atoms with Crippen LogP contribution in [0.1, 0.15) is 399 Å². The molecular weight excluding hydrogens is 1030 g/mol. The first-order valence-electron chi connectivity index (χ1n) is 37.6. The number of amides is 1. The predicted molar refractivity (Wildman–Crippen MR) is 370 cm³/mol. The Bertz CT molecular complexity index is 1450. The Morgan fingerprint density at radius 3 is 0.929 bits per heavy atom. The second-order valence-corrected chi connectivity index (χ2v) is 25.6. The molecule has 0 aromatic rings. The second-order valence-electron chi connectivity index (χ2n) is 25.6. The van der Waals surface area contributed by atoms with E-state index >= 15 is 0 Å². The molecular formula is C78H145NO5. The summed E-state index contributed by atoms with van der Waals surface area (Å²) in [6.07, 6.45) is 97.4. The number of nitrogens with one attached hydrogen (secondary N) is 1. The topological polar surface area (TPSA) is 95.9 Å². The molecule has 3 N–H and O–H groups in total. The summed E-state index contributed by atoms with van der Waals surface area (Å²) in [7, 11) is 0. The number of ether oxygens (including phenoxy) is 1. The third kappa shape index (κ3) is 68.7. The van der Waals surface area contributed by atoms with Gasteiger partial charge >= 0.3 is 5.97 Å². The van der Waals surface area contributed by atoms with Crippen LogP contribution >= 0.6 is 0 Å². The number of hydrogen-bond acceptors (Lipinski definition) is 5. The average molecular weight is 1180 g/mol. The van der Waals surface area contributed by atoms with Crippen LogP contribution < -0.4 is 5.32 Å². The highest BCUT2D eigenvalue weighted by Gasteiger charge is 2.18. The SMILES string of the molecule is CCCCC/C=C\C/C=C\CCCCCCCCCC(=O)OCCCCCCCCCCC/C=C\C/C=C\CCCCCCCCCCCCCC(=O)NC(CO)C(O)/C=C/CCCCCCCCCCCCCCCCCCCCCCC. The summed E-state index contributed by atoms with van der Waals surface area (Å²) in [5, 5.41) is 23.3. The molecule has 84 heavy (non-hydrogen) atoms. The van der Waals surface area contributed by atoms with Gasteiger partial charge in [-0.3, -0.25) is 9.59 Å². The lowest BCUT2D eigenvalue weighted by molar-refractivity contribution is -0.143. The number of allylic oxidation sites excluding steroid dienone is 9. The quantitative estimate of drug-likeness (QED) is 0.0320. The van der Waals surface area contributed by atoms with Crippen LogP contribution in [0.4, 0.5) is 0 Å². The Hall–Kier alpha value is -2.44. The molecule has 0 aromatic heterocycles. The Morgan fingerprint density at radius 1 is 0.333 bits per heavy atom. The minimum absolute atomic E-state index is 0.00261. The Kier molecular flexibility index (Phi) is 70.9. The highest BCUT2D eigenvalue weighted by atomic mass is 16.5. The maximum atomic E-state index is 12.5. The highest BCUT2D eigenvalue weighted by molar-refractivity contribution is 5.76. The first kappa shape index (κ1) is 81.6. The lowest BCUT2D eigenvalue weighted by Gasteiger charge is -2.20. The van der Waals surface area contributed by atoms with Gasteiger partial charge in [-0.05, 0) is 96.3 Å². The molecule has 6 heteroatoms. The van der Waals surface area contributed by atoms with Crippen molar-refractivity contribution in [1.82, 2.24) is 5.32 Å². The number of carbonyl (C=O) groups is 2. The van der Waals surface area contributed by atoms with E-state index in [1.54, 1.807) is 6.08 Å². The zero-order chi connectivity index (χ0) is 60.6. The van der Waals surface area contributed by atoms with Crippen LogP contribution in [0.25, 0.3) is 0 Å². The molecule has 0 aromatic carbocycles. The van der Waals surface area contributed by atoms with Crippen molar-refractivity contribution in [3.05, 3.63) is 60.8 Å². The second kappa shape index (κ2) is 73.0. The molecule has 0 saturated carbocycles. The van der Waals surface area contributed by atoms with Crippen molar-refractivity contribution < 1.29 is 24.5 Å². The Morgan fingerprint density at radius 2 is 0.595 bits per heavy atom. The molecule has 1 amide bonds. The van der Waals surface area contributed by atoms with Gasteiger partial charge in [0.25, 0.3) is 0 Å². The molecule has 2 atom stereocenters.